The molecule has 0 amide bonds. The van der Waals surface area contributed by atoms with Crippen molar-refractivity contribution in [3.8, 4) is 0 Å². The number of unbranched alkanes of at least 4 members (excludes halogenated alkanes) is 1. The summed E-state index contributed by atoms with van der Waals surface area (Å²) >= 11 is 0. The minimum Gasteiger partial charge on any atom is -0.0769 e. The maximum atomic E-state index is 3.37. The van der Waals surface area contributed by atoms with Gasteiger partial charge in [-0.1, -0.05) is 25.0 Å². The van der Waals surface area contributed by atoms with Crippen molar-refractivity contribution < 1.29 is 0 Å². The SMILES string of the molecule is CCCCC1=[C]CC=C1C. The first-order chi connectivity index (χ1) is 4.84. The molecule has 1 rings (SSSR count). The van der Waals surface area contributed by atoms with Crippen LogP contribution in [0.25, 0.3) is 0 Å². The first kappa shape index (κ1) is 7.59. The molecule has 0 spiro atoms. The van der Waals surface area contributed by atoms with Crippen LogP contribution >= 0.6 is 0 Å². The first-order valence-corrected chi connectivity index (χ1v) is 4.11. The van der Waals surface area contributed by atoms with Gasteiger partial charge in [-0.05, 0) is 37.8 Å². The Hall–Kier alpha value is -0.520. The van der Waals surface area contributed by atoms with Gasteiger partial charge < -0.3 is 0 Å². The van der Waals surface area contributed by atoms with Gasteiger partial charge in [0.15, 0.2) is 0 Å². The fourth-order valence-corrected chi connectivity index (χ4v) is 1.23. The summed E-state index contributed by atoms with van der Waals surface area (Å²) in [5.41, 5.74) is 2.91. The summed E-state index contributed by atoms with van der Waals surface area (Å²) in [4.78, 5) is 0. The lowest BCUT2D eigenvalue weighted by Crippen LogP contribution is -1.81. The molecule has 0 fully saturated rings. The van der Waals surface area contributed by atoms with E-state index in [0.717, 1.165) is 6.42 Å². The highest BCUT2D eigenvalue weighted by molar-refractivity contribution is 5.32. The van der Waals surface area contributed by atoms with Crippen LogP contribution < -0.4 is 0 Å². The summed E-state index contributed by atoms with van der Waals surface area (Å²) in [6.45, 7) is 4.42. The number of allylic oxidation sites excluding steroid dienone is 4. The summed E-state index contributed by atoms with van der Waals surface area (Å²) in [6, 6.07) is 0. The zero-order valence-electron chi connectivity index (χ0n) is 6.91. The highest BCUT2D eigenvalue weighted by Gasteiger charge is 2.03. The van der Waals surface area contributed by atoms with Crippen molar-refractivity contribution in [1.29, 1.82) is 0 Å². The molecule has 0 aromatic heterocycles. The van der Waals surface area contributed by atoms with Crippen molar-refractivity contribution in [2.24, 2.45) is 0 Å². The van der Waals surface area contributed by atoms with Crippen LogP contribution in [0, 0.1) is 6.08 Å². The number of hydrogen-bond acceptors (Lipinski definition) is 0. The molecule has 55 valence electrons. The number of hydrogen-bond donors (Lipinski definition) is 0. The Morgan fingerprint density at radius 2 is 2.40 bits per heavy atom. The highest BCUT2D eigenvalue weighted by Crippen LogP contribution is 2.22. The lowest BCUT2D eigenvalue weighted by Gasteiger charge is -2.00. The molecule has 1 aliphatic carbocycles. The molecule has 0 saturated heterocycles. The van der Waals surface area contributed by atoms with Crippen LogP contribution in [-0.2, 0) is 0 Å². The quantitative estimate of drug-likeness (QED) is 0.557. The van der Waals surface area contributed by atoms with E-state index in [2.05, 4.69) is 26.0 Å². The van der Waals surface area contributed by atoms with Gasteiger partial charge in [0.25, 0.3) is 0 Å². The third-order valence-corrected chi connectivity index (χ3v) is 1.98. The normalized spacial score (nSPS) is 17.0. The van der Waals surface area contributed by atoms with Crippen molar-refractivity contribution in [3.63, 3.8) is 0 Å². The van der Waals surface area contributed by atoms with Crippen molar-refractivity contribution >= 4 is 0 Å². The van der Waals surface area contributed by atoms with E-state index in [-0.39, 0.29) is 0 Å². The van der Waals surface area contributed by atoms with E-state index in [9.17, 15) is 0 Å². The Balaban J connectivity index is 2.35. The molecule has 0 unspecified atom stereocenters. The molecule has 0 N–H and O–H groups in total. The molecule has 0 nitrogen and oxygen atoms in total. The molecule has 10 heavy (non-hydrogen) atoms. The monoisotopic (exact) mass is 135 g/mol. The average molecular weight is 135 g/mol. The first-order valence-electron chi connectivity index (χ1n) is 4.11. The van der Waals surface area contributed by atoms with Crippen molar-refractivity contribution in [2.45, 2.75) is 39.5 Å². The van der Waals surface area contributed by atoms with Gasteiger partial charge in [0.05, 0.1) is 0 Å². The summed E-state index contributed by atoms with van der Waals surface area (Å²) < 4.78 is 0. The van der Waals surface area contributed by atoms with Crippen LogP contribution in [0.3, 0.4) is 0 Å². The fraction of sp³-hybridized carbons (Fsp3) is 0.600. The Morgan fingerprint density at radius 3 is 2.90 bits per heavy atom. The van der Waals surface area contributed by atoms with Gasteiger partial charge in [0, 0.05) is 0 Å². The number of rotatable bonds is 3. The van der Waals surface area contributed by atoms with E-state index in [4.69, 9.17) is 0 Å². The molecule has 0 atom stereocenters. The molecule has 0 heteroatoms. The van der Waals surface area contributed by atoms with Gasteiger partial charge in [-0.3, -0.25) is 0 Å². The Morgan fingerprint density at radius 1 is 1.60 bits per heavy atom. The van der Waals surface area contributed by atoms with E-state index in [1.54, 1.807) is 0 Å². The van der Waals surface area contributed by atoms with Crippen LogP contribution in [-0.4, -0.2) is 0 Å². The van der Waals surface area contributed by atoms with E-state index in [0.29, 0.717) is 0 Å². The fourth-order valence-electron chi connectivity index (χ4n) is 1.23. The van der Waals surface area contributed by atoms with Crippen LogP contribution in [0.2, 0.25) is 0 Å². The Bertz CT molecular complexity index is 161. The van der Waals surface area contributed by atoms with Gasteiger partial charge in [-0.15, -0.1) is 0 Å². The Kier molecular flexibility index (Phi) is 2.73. The molecule has 0 heterocycles. The zero-order chi connectivity index (χ0) is 7.40. The van der Waals surface area contributed by atoms with Gasteiger partial charge in [-0.25, -0.2) is 0 Å². The van der Waals surface area contributed by atoms with Gasteiger partial charge in [0.2, 0.25) is 0 Å². The molecule has 0 bridgehead atoms. The maximum absolute atomic E-state index is 3.37. The van der Waals surface area contributed by atoms with Gasteiger partial charge in [-0.2, -0.15) is 0 Å². The second-order valence-corrected chi connectivity index (χ2v) is 2.85. The summed E-state index contributed by atoms with van der Waals surface area (Å²) in [5.74, 6) is 0. The van der Waals surface area contributed by atoms with Crippen LogP contribution in [0.5, 0.6) is 0 Å². The third-order valence-electron chi connectivity index (χ3n) is 1.98. The molecular formula is C10H15. The second-order valence-electron chi connectivity index (χ2n) is 2.85. The largest absolute Gasteiger partial charge is 0.0769 e. The molecule has 0 aromatic carbocycles. The third kappa shape index (κ3) is 1.73. The maximum Gasteiger partial charge on any atom is -0.00858 e. The van der Waals surface area contributed by atoms with E-state index in [1.807, 2.05) is 0 Å². The second kappa shape index (κ2) is 3.60. The topological polar surface area (TPSA) is 0 Å². The zero-order valence-corrected chi connectivity index (χ0v) is 6.91. The van der Waals surface area contributed by atoms with Crippen molar-refractivity contribution in [1.82, 2.24) is 0 Å². The smallest absolute Gasteiger partial charge is 0.00858 e. The summed E-state index contributed by atoms with van der Waals surface area (Å²) in [7, 11) is 0. The van der Waals surface area contributed by atoms with E-state index in [1.165, 1.54) is 30.4 Å². The standard InChI is InChI=1S/C10H15/c1-3-4-7-10-8-5-6-9(10)2/h6H,3-5,7H2,1-2H3. The van der Waals surface area contributed by atoms with Crippen LogP contribution in [0.4, 0.5) is 0 Å². The van der Waals surface area contributed by atoms with E-state index >= 15 is 0 Å². The summed E-state index contributed by atoms with van der Waals surface area (Å²) in [5, 5.41) is 0. The lowest BCUT2D eigenvalue weighted by molar-refractivity contribution is 0.791. The minimum atomic E-state index is 1.05. The molecule has 0 saturated carbocycles. The summed E-state index contributed by atoms with van der Waals surface area (Å²) in [6.07, 6.45) is 10.5. The Labute approximate surface area is 63.6 Å². The lowest BCUT2D eigenvalue weighted by atomic mass is 10.1. The van der Waals surface area contributed by atoms with Gasteiger partial charge >= 0.3 is 0 Å². The van der Waals surface area contributed by atoms with E-state index < -0.39 is 0 Å². The van der Waals surface area contributed by atoms with Crippen molar-refractivity contribution in [3.05, 3.63) is 23.3 Å². The highest BCUT2D eigenvalue weighted by atomic mass is 14.1. The van der Waals surface area contributed by atoms with Crippen LogP contribution in [0.1, 0.15) is 39.5 Å². The molecule has 1 aliphatic rings. The predicted molar refractivity (Wildman–Crippen MR) is 44.7 cm³/mol. The van der Waals surface area contributed by atoms with Gasteiger partial charge in [0.1, 0.15) is 0 Å². The molecule has 1 radical (unpaired) electrons. The molecule has 0 aromatic rings. The minimum absolute atomic E-state index is 1.05. The average Bonchev–Trinajstić information content (AvgIpc) is 2.31. The van der Waals surface area contributed by atoms with Crippen LogP contribution in [0.15, 0.2) is 17.2 Å². The predicted octanol–water partition coefficient (Wildman–Crippen LogP) is 3.26. The molecule has 0 aliphatic heterocycles. The van der Waals surface area contributed by atoms with Crippen molar-refractivity contribution in [2.75, 3.05) is 0 Å². The molecular weight excluding hydrogens is 120 g/mol.